The number of rotatable bonds is 3. The number of carbonyl (C=O) groups is 1. The molecule has 1 fully saturated rings. The highest BCUT2D eigenvalue weighted by molar-refractivity contribution is 5.91. The van der Waals surface area contributed by atoms with Crippen LogP contribution in [-0.4, -0.2) is 11.1 Å². The Kier molecular flexibility index (Phi) is 4.19. The average molecular weight is 244 g/mol. The van der Waals surface area contributed by atoms with E-state index in [0.29, 0.717) is 11.5 Å². The van der Waals surface area contributed by atoms with Gasteiger partial charge < -0.3 is 5.11 Å². The molecule has 2 nitrogen and oxygen atoms in total. The van der Waals surface area contributed by atoms with Crippen molar-refractivity contribution in [3.8, 4) is 0 Å². The summed E-state index contributed by atoms with van der Waals surface area (Å²) in [7, 11) is 0. The number of hydrogen-bond acceptors (Lipinski definition) is 1. The Morgan fingerprint density at radius 2 is 1.89 bits per heavy atom. The maximum absolute atomic E-state index is 10.9. The average Bonchev–Trinajstić information content (AvgIpc) is 2.40. The zero-order valence-electron chi connectivity index (χ0n) is 10.9. The summed E-state index contributed by atoms with van der Waals surface area (Å²) in [5, 5.41) is 8.98. The van der Waals surface area contributed by atoms with Crippen LogP contribution in [0.2, 0.25) is 0 Å². The monoisotopic (exact) mass is 244 g/mol. The van der Waals surface area contributed by atoms with Gasteiger partial charge in [0.15, 0.2) is 0 Å². The zero-order chi connectivity index (χ0) is 13.0. The van der Waals surface area contributed by atoms with Gasteiger partial charge in [0.1, 0.15) is 0 Å². The third-order valence-electron chi connectivity index (χ3n) is 3.75. The van der Waals surface area contributed by atoms with E-state index < -0.39 is 5.97 Å². The normalized spacial score (nSPS) is 17.7. The number of aliphatic carboxylic acids is 1. The molecule has 0 bridgehead atoms. The summed E-state index contributed by atoms with van der Waals surface area (Å²) < 4.78 is 0. The van der Waals surface area contributed by atoms with Crippen molar-refractivity contribution in [1.29, 1.82) is 0 Å². The van der Waals surface area contributed by atoms with Crippen LogP contribution in [0.1, 0.15) is 56.1 Å². The zero-order valence-corrected chi connectivity index (χ0v) is 10.9. The molecule has 2 rings (SSSR count). The van der Waals surface area contributed by atoms with Crippen LogP contribution in [0.5, 0.6) is 0 Å². The number of carboxylic acids is 1. The quantitative estimate of drug-likeness (QED) is 0.808. The lowest BCUT2D eigenvalue weighted by Gasteiger charge is -2.23. The summed E-state index contributed by atoms with van der Waals surface area (Å²) in [6.07, 6.45) is 8.18. The van der Waals surface area contributed by atoms with Gasteiger partial charge in [-0.1, -0.05) is 43.5 Å². The van der Waals surface area contributed by atoms with Crippen molar-refractivity contribution in [1.82, 2.24) is 0 Å². The van der Waals surface area contributed by atoms with Crippen LogP contribution in [-0.2, 0) is 4.79 Å². The first-order valence-electron chi connectivity index (χ1n) is 6.69. The second-order valence-corrected chi connectivity index (χ2v) is 5.10. The van der Waals surface area contributed by atoms with Crippen LogP contribution in [0, 0.1) is 0 Å². The molecule has 0 aliphatic heterocycles. The Hall–Kier alpha value is -1.57. The fourth-order valence-electron chi connectivity index (χ4n) is 2.72. The molecule has 1 saturated carbocycles. The molecule has 0 spiro atoms. The van der Waals surface area contributed by atoms with E-state index >= 15 is 0 Å². The molecule has 0 saturated heterocycles. The summed E-state index contributed by atoms with van der Waals surface area (Å²) >= 11 is 0. The molecular weight excluding hydrogens is 224 g/mol. The van der Waals surface area contributed by atoms with Gasteiger partial charge >= 0.3 is 5.97 Å². The summed E-state index contributed by atoms with van der Waals surface area (Å²) in [6, 6.07) is 8.21. The molecule has 1 aliphatic rings. The fraction of sp³-hybridized carbons (Fsp3) is 0.438. The van der Waals surface area contributed by atoms with Crippen molar-refractivity contribution in [3.05, 3.63) is 41.0 Å². The lowest BCUT2D eigenvalue weighted by Crippen LogP contribution is -2.06. The molecule has 0 radical (unpaired) electrons. The standard InChI is InChI=1S/C16H20O2/c1-12(16(17)18)11-14-9-5-6-10-15(14)13-7-3-2-4-8-13/h5-6,9-11,13H,2-4,7-8H2,1H3,(H,17,18). The maximum atomic E-state index is 10.9. The van der Waals surface area contributed by atoms with E-state index in [0.717, 1.165) is 5.56 Å². The lowest BCUT2D eigenvalue weighted by molar-refractivity contribution is -0.132. The van der Waals surface area contributed by atoms with Crippen LogP contribution >= 0.6 is 0 Å². The molecule has 0 heterocycles. The molecule has 0 aromatic heterocycles. The third-order valence-corrected chi connectivity index (χ3v) is 3.75. The summed E-state index contributed by atoms with van der Waals surface area (Å²) in [4.78, 5) is 10.9. The molecule has 1 aromatic carbocycles. The van der Waals surface area contributed by atoms with Crippen LogP contribution in [0.4, 0.5) is 0 Å². The first-order valence-corrected chi connectivity index (χ1v) is 6.69. The Morgan fingerprint density at radius 1 is 1.22 bits per heavy atom. The highest BCUT2D eigenvalue weighted by Crippen LogP contribution is 2.34. The molecule has 0 amide bonds. The van der Waals surface area contributed by atoms with E-state index in [-0.39, 0.29) is 0 Å². The minimum atomic E-state index is -0.839. The van der Waals surface area contributed by atoms with E-state index in [1.807, 2.05) is 12.1 Å². The Balaban J connectivity index is 2.30. The lowest BCUT2D eigenvalue weighted by atomic mass is 9.82. The van der Waals surface area contributed by atoms with Crippen molar-refractivity contribution in [2.75, 3.05) is 0 Å². The molecule has 1 N–H and O–H groups in total. The van der Waals surface area contributed by atoms with Crippen molar-refractivity contribution in [3.63, 3.8) is 0 Å². The van der Waals surface area contributed by atoms with Gasteiger partial charge in [-0.2, -0.15) is 0 Å². The molecule has 18 heavy (non-hydrogen) atoms. The van der Waals surface area contributed by atoms with Crippen molar-refractivity contribution >= 4 is 12.0 Å². The number of benzene rings is 1. The van der Waals surface area contributed by atoms with Crippen molar-refractivity contribution in [2.45, 2.75) is 44.9 Å². The molecule has 0 atom stereocenters. The third kappa shape index (κ3) is 3.00. The van der Waals surface area contributed by atoms with E-state index in [1.54, 1.807) is 13.0 Å². The van der Waals surface area contributed by atoms with E-state index in [9.17, 15) is 4.79 Å². The van der Waals surface area contributed by atoms with Gasteiger partial charge in [0.25, 0.3) is 0 Å². The van der Waals surface area contributed by atoms with Crippen LogP contribution in [0.3, 0.4) is 0 Å². The second kappa shape index (κ2) is 5.85. The SMILES string of the molecule is CC(=Cc1ccccc1C1CCCCC1)C(=O)O. The summed E-state index contributed by atoms with van der Waals surface area (Å²) in [6.45, 7) is 1.65. The van der Waals surface area contributed by atoms with Gasteiger partial charge in [0.2, 0.25) is 0 Å². The highest BCUT2D eigenvalue weighted by atomic mass is 16.4. The Labute approximate surface area is 108 Å². The fourth-order valence-corrected chi connectivity index (χ4v) is 2.72. The summed E-state index contributed by atoms with van der Waals surface area (Å²) in [5.74, 6) is -0.235. The first kappa shape index (κ1) is 12.9. The van der Waals surface area contributed by atoms with Crippen molar-refractivity contribution < 1.29 is 9.90 Å². The van der Waals surface area contributed by atoms with Gasteiger partial charge in [0, 0.05) is 5.57 Å². The van der Waals surface area contributed by atoms with Gasteiger partial charge in [-0.15, -0.1) is 0 Å². The maximum Gasteiger partial charge on any atom is 0.331 e. The van der Waals surface area contributed by atoms with Gasteiger partial charge in [-0.05, 0) is 42.9 Å². The molecule has 96 valence electrons. The Morgan fingerprint density at radius 3 is 2.56 bits per heavy atom. The molecule has 1 aromatic rings. The van der Waals surface area contributed by atoms with E-state index in [2.05, 4.69) is 12.1 Å². The van der Waals surface area contributed by atoms with Gasteiger partial charge in [-0.25, -0.2) is 4.79 Å². The minimum Gasteiger partial charge on any atom is -0.478 e. The van der Waals surface area contributed by atoms with Crippen LogP contribution in [0.25, 0.3) is 6.08 Å². The van der Waals surface area contributed by atoms with Crippen molar-refractivity contribution in [2.24, 2.45) is 0 Å². The molecule has 2 heteroatoms. The van der Waals surface area contributed by atoms with Gasteiger partial charge in [-0.3, -0.25) is 0 Å². The van der Waals surface area contributed by atoms with Crippen LogP contribution in [0.15, 0.2) is 29.8 Å². The Bertz CT molecular complexity index is 454. The minimum absolute atomic E-state index is 0.401. The molecule has 0 unspecified atom stereocenters. The van der Waals surface area contributed by atoms with E-state index in [4.69, 9.17) is 5.11 Å². The molecular formula is C16H20O2. The predicted octanol–water partition coefficient (Wildman–Crippen LogP) is 4.22. The smallest absolute Gasteiger partial charge is 0.331 e. The topological polar surface area (TPSA) is 37.3 Å². The second-order valence-electron chi connectivity index (χ2n) is 5.10. The number of carboxylic acid groups (broad SMARTS) is 1. The highest BCUT2D eigenvalue weighted by Gasteiger charge is 2.17. The number of hydrogen-bond donors (Lipinski definition) is 1. The van der Waals surface area contributed by atoms with E-state index in [1.165, 1.54) is 37.7 Å². The summed E-state index contributed by atoms with van der Waals surface area (Å²) in [5.41, 5.74) is 2.79. The van der Waals surface area contributed by atoms with Gasteiger partial charge in [0.05, 0.1) is 0 Å². The predicted molar refractivity (Wildman–Crippen MR) is 73.6 cm³/mol. The largest absolute Gasteiger partial charge is 0.478 e. The first-order chi connectivity index (χ1) is 8.68. The van der Waals surface area contributed by atoms with Crippen LogP contribution < -0.4 is 0 Å². The molecule has 1 aliphatic carbocycles.